The fourth-order valence-corrected chi connectivity index (χ4v) is 3.73. The molecule has 0 unspecified atom stereocenters. The number of carbonyl (C=O) groups is 2. The zero-order valence-electron chi connectivity index (χ0n) is 17.6. The van der Waals surface area contributed by atoms with Gasteiger partial charge in [0.25, 0.3) is 5.91 Å². The molecule has 0 radical (unpaired) electrons. The molecule has 2 aromatic carbocycles. The van der Waals surface area contributed by atoms with Crippen molar-refractivity contribution in [2.24, 2.45) is 11.7 Å². The van der Waals surface area contributed by atoms with E-state index in [4.69, 9.17) is 19.9 Å². The van der Waals surface area contributed by atoms with Gasteiger partial charge in [-0.25, -0.2) is 0 Å². The second kappa shape index (κ2) is 9.49. The van der Waals surface area contributed by atoms with Crippen molar-refractivity contribution in [3.8, 4) is 11.5 Å². The highest BCUT2D eigenvalue weighted by Crippen LogP contribution is 2.28. The molecule has 0 aromatic heterocycles. The van der Waals surface area contributed by atoms with Crippen molar-refractivity contribution in [1.29, 1.82) is 0 Å². The van der Waals surface area contributed by atoms with Gasteiger partial charge in [0.1, 0.15) is 17.6 Å². The summed E-state index contributed by atoms with van der Waals surface area (Å²) in [5.41, 5.74) is 6.54. The van der Waals surface area contributed by atoms with E-state index in [0.717, 1.165) is 30.6 Å². The molecule has 31 heavy (non-hydrogen) atoms. The van der Waals surface area contributed by atoms with Gasteiger partial charge in [0.2, 0.25) is 5.91 Å². The number of hydrogen-bond donors (Lipinski definition) is 2. The predicted molar refractivity (Wildman–Crippen MR) is 119 cm³/mol. The van der Waals surface area contributed by atoms with E-state index < -0.39 is 0 Å². The highest BCUT2D eigenvalue weighted by Gasteiger charge is 2.42. The third kappa shape index (κ3) is 5.62. The number of hydrogen-bond acceptors (Lipinski definition) is 5. The Morgan fingerprint density at radius 1 is 1.06 bits per heavy atom. The fraction of sp³-hybridized carbons (Fsp3) is 0.417. The Hall–Kier alpha value is -2.90. The van der Waals surface area contributed by atoms with Crippen LogP contribution in [0.15, 0.2) is 48.5 Å². The van der Waals surface area contributed by atoms with Gasteiger partial charge in [0, 0.05) is 20.9 Å². The number of rotatable bonds is 5. The lowest BCUT2D eigenvalue weighted by Crippen LogP contribution is -2.43. The summed E-state index contributed by atoms with van der Waals surface area (Å²) in [6.45, 7) is 3.21. The second-order valence-electron chi connectivity index (χ2n) is 8.20. The van der Waals surface area contributed by atoms with Crippen LogP contribution in [-0.2, 0) is 14.3 Å². The van der Waals surface area contributed by atoms with Crippen molar-refractivity contribution in [2.45, 2.75) is 44.4 Å². The van der Waals surface area contributed by atoms with Crippen molar-refractivity contribution in [2.75, 3.05) is 13.2 Å². The summed E-state index contributed by atoms with van der Waals surface area (Å²) in [4.78, 5) is 22.6. The van der Waals surface area contributed by atoms with E-state index in [2.05, 4.69) is 5.32 Å². The summed E-state index contributed by atoms with van der Waals surface area (Å²) in [6.07, 6.45) is 3.03. The highest BCUT2D eigenvalue weighted by atomic mass is 16.6. The quantitative estimate of drug-likeness (QED) is 0.760. The lowest BCUT2D eigenvalue weighted by Gasteiger charge is -2.17. The number of nitrogens with two attached hydrogens (primary N) is 1. The minimum Gasteiger partial charge on any atom is -0.457 e. The average molecular weight is 429 g/mol. The molecule has 2 amide bonds. The van der Waals surface area contributed by atoms with Gasteiger partial charge in [-0.15, -0.1) is 0 Å². The van der Waals surface area contributed by atoms with Crippen LogP contribution in [0.5, 0.6) is 11.5 Å². The fourth-order valence-electron chi connectivity index (χ4n) is 3.73. The molecule has 7 heteroatoms. The summed E-state index contributed by atoms with van der Waals surface area (Å²) in [7, 11) is 0. The SMILES string of the molecule is Cc1cccc(Oc2cccc(C(=O)N[C@H]3CO[C@@H]4CCO[C@H]34)c2)c1.NC(=O)C1CC1.[HH].[HH]. The van der Waals surface area contributed by atoms with Crippen molar-refractivity contribution < 1.29 is 26.7 Å². The van der Waals surface area contributed by atoms with Gasteiger partial charge in [-0.3, -0.25) is 9.59 Å². The minimum atomic E-state index is -0.139. The van der Waals surface area contributed by atoms with Gasteiger partial charge in [-0.2, -0.15) is 0 Å². The molecular formula is C24H32N2O5. The number of aryl methyl sites for hydroxylation is 1. The maximum absolute atomic E-state index is 12.6. The Bertz CT molecular complexity index is 954. The first-order valence-electron chi connectivity index (χ1n) is 10.7. The Balaban J connectivity index is 0.000000422. The molecule has 2 heterocycles. The Kier molecular flexibility index (Phi) is 6.53. The lowest BCUT2D eigenvalue weighted by molar-refractivity contribution is -0.119. The van der Waals surface area contributed by atoms with Crippen LogP contribution in [-0.4, -0.2) is 43.3 Å². The van der Waals surface area contributed by atoms with Gasteiger partial charge in [-0.1, -0.05) is 18.2 Å². The number of benzene rings is 2. The summed E-state index contributed by atoms with van der Waals surface area (Å²) < 4.78 is 17.2. The summed E-state index contributed by atoms with van der Waals surface area (Å²) in [5.74, 6) is 1.36. The molecule has 0 spiro atoms. The molecule has 0 bridgehead atoms. The molecule has 2 saturated heterocycles. The van der Waals surface area contributed by atoms with Crippen LogP contribution in [0.3, 0.4) is 0 Å². The number of primary amides is 1. The smallest absolute Gasteiger partial charge is 0.251 e. The van der Waals surface area contributed by atoms with Crippen LogP contribution >= 0.6 is 0 Å². The molecular weight excluding hydrogens is 396 g/mol. The number of amides is 2. The van der Waals surface area contributed by atoms with Gasteiger partial charge in [0.05, 0.1) is 18.8 Å². The van der Waals surface area contributed by atoms with E-state index >= 15 is 0 Å². The first-order valence-corrected chi connectivity index (χ1v) is 10.7. The standard InChI is InChI=1S/C20H21NO4.C4H7NO.2H2/c1-13-4-2-6-15(10-13)25-16-7-3-5-14(11-16)20(22)21-17-12-24-18-8-9-23-19(17)18;5-4(6)3-1-2-3;;/h2-7,10-11,17-19H,8-9,12H2,1H3,(H,21,22);3H,1-2H2,(H2,5,6);2*1H/t17-,18+,19+;;;/m0.../s1. The third-order valence-electron chi connectivity index (χ3n) is 5.58. The molecule has 1 saturated carbocycles. The molecule has 7 nitrogen and oxygen atoms in total. The van der Waals surface area contributed by atoms with Gasteiger partial charge < -0.3 is 25.3 Å². The molecule has 5 rings (SSSR count). The maximum atomic E-state index is 12.6. The van der Waals surface area contributed by atoms with Gasteiger partial charge in [0.15, 0.2) is 0 Å². The molecule has 2 aromatic rings. The summed E-state index contributed by atoms with van der Waals surface area (Å²) in [6, 6.07) is 14.9. The molecule has 3 fully saturated rings. The van der Waals surface area contributed by atoms with Crippen molar-refractivity contribution in [3.05, 3.63) is 59.7 Å². The number of nitrogens with one attached hydrogen (secondary N) is 1. The molecule has 3 N–H and O–H groups in total. The molecule has 3 aliphatic rings. The zero-order valence-corrected chi connectivity index (χ0v) is 17.6. The second-order valence-corrected chi connectivity index (χ2v) is 8.20. The largest absolute Gasteiger partial charge is 0.457 e. The lowest BCUT2D eigenvalue weighted by atomic mass is 10.1. The normalized spacial score (nSPS) is 24.0. The van der Waals surface area contributed by atoms with E-state index in [-0.39, 0.29) is 38.8 Å². The van der Waals surface area contributed by atoms with Crippen LogP contribution in [0.4, 0.5) is 0 Å². The number of ether oxygens (including phenoxy) is 3. The van der Waals surface area contributed by atoms with E-state index in [9.17, 15) is 9.59 Å². The van der Waals surface area contributed by atoms with Crippen molar-refractivity contribution in [3.63, 3.8) is 0 Å². The van der Waals surface area contributed by atoms with Gasteiger partial charge >= 0.3 is 0 Å². The van der Waals surface area contributed by atoms with Gasteiger partial charge in [-0.05, 0) is 62.1 Å². The van der Waals surface area contributed by atoms with E-state index in [0.29, 0.717) is 24.5 Å². The van der Waals surface area contributed by atoms with Crippen LogP contribution in [0.25, 0.3) is 0 Å². The number of carbonyl (C=O) groups excluding carboxylic acids is 2. The predicted octanol–water partition coefficient (Wildman–Crippen LogP) is 3.45. The Morgan fingerprint density at radius 2 is 1.81 bits per heavy atom. The first-order chi connectivity index (χ1) is 15.0. The molecule has 2 aliphatic heterocycles. The molecule has 168 valence electrons. The van der Waals surface area contributed by atoms with Crippen molar-refractivity contribution in [1.82, 2.24) is 5.32 Å². The summed E-state index contributed by atoms with van der Waals surface area (Å²) in [5, 5.41) is 3.02. The maximum Gasteiger partial charge on any atom is 0.251 e. The minimum absolute atomic E-state index is 0. The topological polar surface area (TPSA) is 99.9 Å². The van der Waals surface area contributed by atoms with E-state index in [1.54, 1.807) is 12.1 Å². The zero-order chi connectivity index (χ0) is 21.8. The molecule has 3 atom stereocenters. The Labute approximate surface area is 184 Å². The Morgan fingerprint density at radius 3 is 2.48 bits per heavy atom. The van der Waals surface area contributed by atoms with Crippen molar-refractivity contribution >= 4 is 11.8 Å². The van der Waals surface area contributed by atoms with Crippen LogP contribution in [0.2, 0.25) is 0 Å². The third-order valence-corrected chi connectivity index (χ3v) is 5.58. The van der Waals surface area contributed by atoms with E-state index in [1.165, 1.54) is 0 Å². The van der Waals surface area contributed by atoms with Crippen LogP contribution in [0.1, 0.15) is 38.0 Å². The van der Waals surface area contributed by atoms with Crippen LogP contribution in [0, 0.1) is 12.8 Å². The average Bonchev–Trinajstić information content (AvgIpc) is 3.39. The van der Waals surface area contributed by atoms with E-state index in [1.807, 2.05) is 43.3 Å². The monoisotopic (exact) mass is 428 g/mol. The number of fused-ring (bicyclic) bond motifs is 1. The first kappa shape index (κ1) is 21.3. The summed E-state index contributed by atoms with van der Waals surface area (Å²) >= 11 is 0. The van der Waals surface area contributed by atoms with Crippen LogP contribution < -0.4 is 15.8 Å². The highest BCUT2D eigenvalue weighted by molar-refractivity contribution is 5.94. The molecule has 1 aliphatic carbocycles.